The van der Waals surface area contributed by atoms with Crippen LogP contribution in [0.4, 0.5) is 8.78 Å². The summed E-state index contributed by atoms with van der Waals surface area (Å²) in [4.78, 5) is 9.06. The lowest BCUT2D eigenvalue weighted by molar-refractivity contribution is 0.256. The van der Waals surface area contributed by atoms with Gasteiger partial charge in [0.1, 0.15) is 11.6 Å². The zero-order valence-electron chi connectivity index (χ0n) is 17.4. The molecule has 0 amide bonds. The molecule has 0 bridgehead atoms. The molecule has 2 fully saturated rings. The molecule has 156 valence electrons. The summed E-state index contributed by atoms with van der Waals surface area (Å²) >= 11 is 0. The quantitative estimate of drug-likeness (QED) is 0.552. The molecular formula is C21H33F2N5. The standard InChI is InChI=1S/C21H33F2N5/c1-5-24-21(26-15-11-14(2)28(13-15)16-9-10-16)25-12-19(27(3)4)20-17(22)7-6-8-18(20)23/h6-8,14-16,19H,5,9-13H2,1-4H3,(H2,24,25,26). The second kappa shape index (κ2) is 9.18. The van der Waals surface area contributed by atoms with Crippen molar-refractivity contribution in [2.75, 3.05) is 33.7 Å². The predicted molar refractivity (Wildman–Crippen MR) is 109 cm³/mol. The molecule has 5 nitrogen and oxygen atoms in total. The SMILES string of the molecule is CCNC(=NCC(c1c(F)cccc1F)N(C)C)NC1CC(C)N(C2CC2)C1. The maximum Gasteiger partial charge on any atom is 0.191 e. The van der Waals surface area contributed by atoms with Crippen molar-refractivity contribution in [3.63, 3.8) is 0 Å². The maximum absolute atomic E-state index is 14.3. The highest BCUT2D eigenvalue weighted by molar-refractivity contribution is 5.80. The fourth-order valence-electron chi connectivity index (χ4n) is 4.11. The van der Waals surface area contributed by atoms with Gasteiger partial charge in [0, 0.05) is 36.8 Å². The summed E-state index contributed by atoms with van der Waals surface area (Å²) in [6.07, 6.45) is 3.70. The summed E-state index contributed by atoms with van der Waals surface area (Å²) in [7, 11) is 3.64. The zero-order valence-corrected chi connectivity index (χ0v) is 17.4. The Balaban J connectivity index is 1.70. The monoisotopic (exact) mass is 393 g/mol. The van der Waals surface area contributed by atoms with Crippen LogP contribution in [0.2, 0.25) is 0 Å². The van der Waals surface area contributed by atoms with E-state index in [9.17, 15) is 8.78 Å². The van der Waals surface area contributed by atoms with E-state index in [0.717, 1.165) is 25.6 Å². The van der Waals surface area contributed by atoms with Gasteiger partial charge in [-0.15, -0.1) is 0 Å². The lowest BCUT2D eigenvalue weighted by Crippen LogP contribution is -2.45. The van der Waals surface area contributed by atoms with Crippen LogP contribution in [-0.2, 0) is 0 Å². The Morgan fingerprint density at radius 2 is 1.96 bits per heavy atom. The van der Waals surface area contributed by atoms with Crippen molar-refractivity contribution in [1.82, 2.24) is 20.4 Å². The molecular weight excluding hydrogens is 360 g/mol. The highest BCUT2D eigenvalue weighted by Crippen LogP contribution is 2.33. The molecule has 1 saturated carbocycles. The fraction of sp³-hybridized carbons (Fsp3) is 0.667. The van der Waals surface area contributed by atoms with Crippen molar-refractivity contribution in [3.05, 3.63) is 35.4 Å². The number of aliphatic imine (C=N–C) groups is 1. The van der Waals surface area contributed by atoms with Crippen LogP contribution in [0.1, 0.15) is 44.7 Å². The van der Waals surface area contributed by atoms with Crippen LogP contribution in [0.25, 0.3) is 0 Å². The van der Waals surface area contributed by atoms with E-state index in [0.29, 0.717) is 18.0 Å². The van der Waals surface area contributed by atoms with E-state index >= 15 is 0 Å². The normalized spacial score (nSPS) is 24.6. The molecule has 1 aromatic carbocycles. The highest BCUT2D eigenvalue weighted by Gasteiger charge is 2.39. The molecule has 2 aliphatic rings. The molecule has 3 unspecified atom stereocenters. The van der Waals surface area contributed by atoms with Gasteiger partial charge in [-0.1, -0.05) is 6.07 Å². The van der Waals surface area contributed by atoms with Gasteiger partial charge in [-0.25, -0.2) is 8.78 Å². The van der Waals surface area contributed by atoms with Gasteiger partial charge >= 0.3 is 0 Å². The van der Waals surface area contributed by atoms with Crippen LogP contribution < -0.4 is 10.6 Å². The summed E-state index contributed by atoms with van der Waals surface area (Å²) in [6.45, 7) is 6.34. The van der Waals surface area contributed by atoms with Crippen molar-refractivity contribution in [2.24, 2.45) is 4.99 Å². The summed E-state index contributed by atoms with van der Waals surface area (Å²) in [5, 5.41) is 6.80. The van der Waals surface area contributed by atoms with E-state index in [2.05, 4.69) is 27.4 Å². The average molecular weight is 394 g/mol. The summed E-state index contributed by atoms with van der Waals surface area (Å²) in [5.41, 5.74) is 0.0708. The number of hydrogen-bond acceptors (Lipinski definition) is 3. The lowest BCUT2D eigenvalue weighted by atomic mass is 10.0. The minimum Gasteiger partial charge on any atom is -0.357 e. The van der Waals surface area contributed by atoms with Crippen LogP contribution in [0, 0.1) is 11.6 Å². The van der Waals surface area contributed by atoms with Crippen molar-refractivity contribution in [3.8, 4) is 0 Å². The number of guanidine groups is 1. The highest BCUT2D eigenvalue weighted by atomic mass is 19.1. The molecule has 1 heterocycles. The van der Waals surface area contributed by atoms with E-state index in [-0.39, 0.29) is 12.1 Å². The molecule has 7 heteroatoms. The molecule has 1 aromatic rings. The van der Waals surface area contributed by atoms with Gasteiger partial charge in [-0.2, -0.15) is 0 Å². The lowest BCUT2D eigenvalue weighted by Gasteiger charge is -2.25. The second-order valence-electron chi connectivity index (χ2n) is 8.19. The van der Waals surface area contributed by atoms with E-state index in [1.807, 2.05) is 21.0 Å². The minimum absolute atomic E-state index is 0.0708. The summed E-state index contributed by atoms with van der Waals surface area (Å²) < 4.78 is 28.6. The Morgan fingerprint density at radius 3 is 2.54 bits per heavy atom. The topological polar surface area (TPSA) is 42.9 Å². The number of likely N-dealkylation sites (N-methyl/N-ethyl adjacent to an activating group) is 1. The number of nitrogens with zero attached hydrogens (tertiary/aromatic N) is 3. The third kappa shape index (κ3) is 5.00. The first kappa shape index (κ1) is 21.0. The van der Waals surface area contributed by atoms with E-state index in [1.54, 1.807) is 4.90 Å². The fourth-order valence-corrected chi connectivity index (χ4v) is 4.11. The first-order valence-corrected chi connectivity index (χ1v) is 10.3. The number of likely N-dealkylation sites (tertiary alicyclic amines) is 1. The number of benzene rings is 1. The van der Waals surface area contributed by atoms with E-state index in [4.69, 9.17) is 0 Å². The first-order valence-electron chi connectivity index (χ1n) is 10.3. The van der Waals surface area contributed by atoms with Gasteiger partial charge in [-0.05, 0) is 59.3 Å². The Labute approximate surface area is 167 Å². The number of hydrogen-bond donors (Lipinski definition) is 2. The van der Waals surface area contributed by atoms with Gasteiger partial charge < -0.3 is 15.5 Å². The molecule has 1 aliphatic heterocycles. The third-order valence-electron chi connectivity index (χ3n) is 5.70. The largest absolute Gasteiger partial charge is 0.357 e. The van der Waals surface area contributed by atoms with Gasteiger partial charge in [0.2, 0.25) is 0 Å². The van der Waals surface area contributed by atoms with Crippen LogP contribution in [0.3, 0.4) is 0 Å². The average Bonchev–Trinajstić information content (AvgIpc) is 3.40. The molecule has 0 spiro atoms. The van der Waals surface area contributed by atoms with Crippen molar-refractivity contribution >= 4 is 5.96 Å². The van der Waals surface area contributed by atoms with Crippen molar-refractivity contribution in [2.45, 2.75) is 57.3 Å². The Morgan fingerprint density at radius 1 is 1.29 bits per heavy atom. The van der Waals surface area contributed by atoms with Crippen LogP contribution in [-0.4, -0.2) is 67.6 Å². The van der Waals surface area contributed by atoms with Crippen molar-refractivity contribution in [1.29, 1.82) is 0 Å². The number of rotatable bonds is 7. The third-order valence-corrected chi connectivity index (χ3v) is 5.70. The zero-order chi connectivity index (χ0) is 20.3. The molecule has 0 aromatic heterocycles. The van der Waals surface area contributed by atoms with Gasteiger partial charge in [0.05, 0.1) is 12.6 Å². The van der Waals surface area contributed by atoms with Gasteiger partial charge in [0.15, 0.2) is 5.96 Å². The molecule has 3 atom stereocenters. The Bertz CT molecular complexity index is 669. The van der Waals surface area contributed by atoms with Gasteiger partial charge in [0.25, 0.3) is 0 Å². The maximum atomic E-state index is 14.3. The van der Waals surface area contributed by atoms with E-state index in [1.165, 1.54) is 31.0 Å². The molecule has 3 rings (SSSR count). The van der Waals surface area contributed by atoms with Gasteiger partial charge in [-0.3, -0.25) is 9.89 Å². The molecule has 2 N–H and O–H groups in total. The number of halogens is 2. The summed E-state index contributed by atoms with van der Waals surface area (Å²) in [5.74, 6) is -0.353. The van der Waals surface area contributed by atoms with Crippen LogP contribution in [0.15, 0.2) is 23.2 Å². The summed E-state index contributed by atoms with van der Waals surface area (Å²) in [6, 6.07) is 5.20. The molecule has 1 aliphatic carbocycles. The number of nitrogens with one attached hydrogen (secondary N) is 2. The Hall–Kier alpha value is -1.73. The van der Waals surface area contributed by atoms with Crippen molar-refractivity contribution < 1.29 is 8.78 Å². The molecule has 0 radical (unpaired) electrons. The first-order chi connectivity index (χ1) is 13.4. The molecule has 1 saturated heterocycles. The minimum atomic E-state index is -0.531. The van der Waals surface area contributed by atoms with Crippen LogP contribution in [0.5, 0.6) is 0 Å². The smallest absolute Gasteiger partial charge is 0.191 e. The van der Waals surface area contributed by atoms with Crippen LogP contribution >= 0.6 is 0 Å². The predicted octanol–water partition coefficient (Wildman–Crippen LogP) is 2.75. The van der Waals surface area contributed by atoms with E-state index < -0.39 is 17.7 Å². The molecule has 28 heavy (non-hydrogen) atoms. The Kier molecular flexibility index (Phi) is 6.88. The second-order valence-corrected chi connectivity index (χ2v) is 8.19.